The number of rotatable bonds is 3. The lowest BCUT2D eigenvalue weighted by Gasteiger charge is -2.38. The van der Waals surface area contributed by atoms with E-state index >= 15 is 0 Å². The van der Waals surface area contributed by atoms with Gasteiger partial charge in [0.2, 0.25) is 0 Å². The van der Waals surface area contributed by atoms with Crippen molar-refractivity contribution in [3.05, 3.63) is 22.4 Å². The third-order valence-electron chi connectivity index (χ3n) is 4.28. The molecule has 0 radical (unpaired) electrons. The second-order valence-electron chi connectivity index (χ2n) is 5.33. The molecule has 3 rings (SSSR count). The lowest BCUT2D eigenvalue weighted by molar-refractivity contribution is 0.126. The van der Waals surface area contributed by atoms with Gasteiger partial charge < -0.3 is 5.32 Å². The van der Waals surface area contributed by atoms with Gasteiger partial charge in [0, 0.05) is 32.2 Å². The van der Waals surface area contributed by atoms with Gasteiger partial charge in [-0.2, -0.15) is 11.3 Å². The van der Waals surface area contributed by atoms with Gasteiger partial charge in [-0.25, -0.2) is 0 Å². The second kappa shape index (κ2) is 5.51. The maximum absolute atomic E-state index is 3.47. The standard InChI is InChI=1S/C14H22N2S/c1-2-4-12(3-1)14(13-5-10-17-11-13)16-8-6-15-7-9-16/h5,10-12,14-15H,1-4,6-9H2/t14-/m1/s1. The Bertz CT molecular complexity index is 324. The number of nitrogens with one attached hydrogen (secondary N) is 1. The van der Waals surface area contributed by atoms with E-state index in [-0.39, 0.29) is 0 Å². The van der Waals surface area contributed by atoms with E-state index in [9.17, 15) is 0 Å². The van der Waals surface area contributed by atoms with Crippen molar-refractivity contribution in [2.45, 2.75) is 31.7 Å². The van der Waals surface area contributed by atoms with Crippen molar-refractivity contribution in [1.82, 2.24) is 10.2 Å². The van der Waals surface area contributed by atoms with Crippen LogP contribution in [0.3, 0.4) is 0 Å². The molecule has 17 heavy (non-hydrogen) atoms. The number of hydrogen-bond acceptors (Lipinski definition) is 3. The average Bonchev–Trinajstić information content (AvgIpc) is 3.04. The summed E-state index contributed by atoms with van der Waals surface area (Å²) >= 11 is 1.85. The van der Waals surface area contributed by atoms with E-state index in [1.54, 1.807) is 5.56 Å². The highest BCUT2D eigenvalue weighted by Crippen LogP contribution is 2.40. The number of piperazine rings is 1. The summed E-state index contributed by atoms with van der Waals surface area (Å²) in [6.07, 6.45) is 5.75. The van der Waals surface area contributed by atoms with Crippen LogP contribution in [-0.4, -0.2) is 31.1 Å². The van der Waals surface area contributed by atoms with E-state index in [1.165, 1.54) is 38.8 Å². The van der Waals surface area contributed by atoms with Crippen LogP contribution in [-0.2, 0) is 0 Å². The Kier molecular flexibility index (Phi) is 3.79. The fourth-order valence-corrected chi connectivity index (χ4v) is 4.15. The average molecular weight is 250 g/mol. The molecule has 2 fully saturated rings. The van der Waals surface area contributed by atoms with Gasteiger partial charge in [0.05, 0.1) is 0 Å². The zero-order chi connectivity index (χ0) is 11.5. The summed E-state index contributed by atoms with van der Waals surface area (Å²) in [6.45, 7) is 4.76. The summed E-state index contributed by atoms with van der Waals surface area (Å²) < 4.78 is 0. The van der Waals surface area contributed by atoms with Crippen LogP contribution < -0.4 is 5.32 Å². The van der Waals surface area contributed by atoms with Gasteiger partial charge >= 0.3 is 0 Å². The first-order chi connectivity index (χ1) is 8.45. The van der Waals surface area contributed by atoms with Crippen molar-refractivity contribution in [3.63, 3.8) is 0 Å². The van der Waals surface area contributed by atoms with Gasteiger partial charge in [-0.1, -0.05) is 12.8 Å². The normalized spacial score (nSPS) is 25.2. The fourth-order valence-electron chi connectivity index (χ4n) is 3.46. The largest absolute Gasteiger partial charge is 0.314 e. The van der Waals surface area contributed by atoms with Gasteiger partial charge in [-0.05, 0) is 41.1 Å². The van der Waals surface area contributed by atoms with Crippen molar-refractivity contribution < 1.29 is 0 Å². The van der Waals surface area contributed by atoms with Gasteiger partial charge in [0.25, 0.3) is 0 Å². The van der Waals surface area contributed by atoms with Crippen molar-refractivity contribution >= 4 is 11.3 Å². The first kappa shape index (κ1) is 11.7. The molecular formula is C14H22N2S. The van der Waals surface area contributed by atoms with Crippen LogP contribution in [0, 0.1) is 5.92 Å². The molecule has 0 aromatic carbocycles. The smallest absolute Gasteiger partial charge is 0.0385 e. The summed E-state index contributed by atoms with van der Waals surface area (Å²) in [6, 6.07) is 3.04. The van der Waals surface area contributed by atoms with Gasteiger partial charge in [0.1, 0.15) is 0 Å². The Hall–Kier alpha value is -0.380. The Labute approximate surface area is 108 Å². The highest BCUT2D eigenvalue weighted by Gasteiger charge is 2.31. The quantitative estimate of drug-likeness (QED) is 0.887. The van der Waals surface area contributed by atoms with E-state index in [0.717, 1.165) is 19.0 Å². The molecule has 94 valence electrons. The van der Waals surface area contributed by atoms with E-state index in [1.807, 2.05) is 11.3 Å². The zero-order valence-corrected chi connectivity index (χ0v) is 11.2. The van der Waals surface area contributed by atoms with E-state index in [0.29, 0.717) is 6.04 Å². The predicted octanol–water partition coefficient (Wildman–Crippen LogP) is 2.88. The molecule has 0 amide bonds. The molecule has 1 aromatic rings. The molecule has 0 unspecified atom stereocenters. The van der Waals surface area contributed by atoms with Crippen molar-refractivity contribution in [1.29, 1.82) is 0 Å². The Morgan fingerprint density at radius 2 is 2.00 bits per heavy atom. The Balaban J connectivity index is 1.79. The van der Waals surface area contributed by atoms with Crippen molar-refractivity contribution in [3.8, 4) is 0 Å². The van der Waals surface area contributed by atoms with Gasteiger partial charge in [0.15, 0.2) is 0 Å². The zero-order valence-electron chi connectivity index (χ0n) is 10.4. The molecule has 2 aliphatic rings. The Morgan fingerprint density at radius 1 is 1.24 bits per heavy atom. The summed E-state index contributed by atoms with van der Waals surface area (Å²) in [7, 11) is 0. The maximum atomic E-state index is 3.47. The van der Waals surface area contributed by atoms with Gasteiger partial charge in [-0.15, -0.1) is 0 Å². The molecule has 0 spiro atoms. The highest BCUT2D eigenvalue weighted by molar-refractivity contribution is 7.07. The van der Waals surface area contributed by atoms with Crippen LogP contribution in [0.4, 0.5) is 0 Å². The molecule has 1 aliphatic heterocycles. The third-order valence-corrected chi connectivity index (χ3v) is 4.98. The fraction of sp³-hybridized carbons (Fsp3) is 0.714. The number of thiophene rings is 1. The van der Waals surface area contributed by atoms with Gasteiger partial charge in [-0.3, -0.25) is 4.90 Å². The first-order valence-electron chi connectivity index (χ1n) is 6.92. The molecule has 1 saturated heterocycles. The first-order valence-corrected chi connectivity index (χ1v) is 7.86. The van der Waals surface area contributed by atoms with E-state index in [2.05, 4.69) is 27.0 Å². The molecule has 0 bridgehead atoms. The van der Waals surface area contributed by atoms with Crippen LogP contribution in [0.15, 0.2) is 16.8 Å². The van der Waals surface area contributed by atoms with Crippen LogP contribution >= 0.6 is 11.3 Å². The molecule has 1 saturated carbocycles. The molecule has 2 nitrogen and oxygen atoms in total. The minimum Gasteiger partial charge on any atom is -0.314 e. The molecule has 3 heteroatoms. The predicted molar refractivity (Wildman–Crippen MR) is 73.5 cm³/mol. The molecule has 1 aliphatic carbocycles. The van der Waals surface area contributed by atoms with E-state index < -0.39 is 0 Å². The summed E-state index contributed by atoms with van der Waals surface area (Å²) in [5, 5.41) is 8.07. The summed E-state index contributed by atoms with van der Waals surface area (Å²) in [5.74, 6) is 0.905. The molecular weight excluding hydrogens is 228 g/mol. The minimum atomic E-state index is 0.700. The topological polar surface area (TPSA) is 15.3 Å². The van der Waals surface area contributed by atoms with E-state index in [4.69, 9.17) is 0 Å². The summed E-state index contributed by atoms with van der Waals surface area (Å²) in [4.78, 5) is 2.72. The number of hydrogen-bond donors (Lipinski definition) is 1. The van der Waals surface area contributed by atoms with Crippen molar-refractivity contribution in [2.75, 3.05) is 26.2 Å². The molecule has 1 aromatic heterocycles. The molecule has 1 atom stereocenters. The maximum Gasteiger partial charge on any atom is 0.0385 e. The lowest BCUT2D eigenvalue weighted by Crippen LogP contribution is -2.46. The Morgan fingerprint density at radius 3 is 2.65 bits per heavy atom. The third kappa shape index (κ3) is 2.56. The SMILES string of the molecule is c1cc([C@@H](C2CCCC2)N2CCNCC2)cs1. The van der Waals surface area contributed by atoms with Crippen LogP contribution in [0.25, 0.3) is 0 Å². The van der Waals surface area contributed by atoms with Crippen molar-refractivity contribution in [2.24, 2.45) is 5.92 Å². The number of nitrogens with zero attached hydrogens (tertiary/aromatic N) is 1. The monoisotopic (exact) mass is 250 g/mol. The summed E-state index contributed by atoms with van der Waals surface area (Å²) in [5.41, 5.74) is 1.57. The van der Waals surface area contributed by atoms with Crippen LogP contribution in [0.5, 0.6) is 0 Å². The van der Waals surface area contributed by atoms with Crippen LogP contribution in [0.1, 0.15) is 37.3 Å². The second-order valence-corrected chi connectivity index (χ2v) is 6.11. The molecule has 2 heterocycles. The minimum absolute atomic E-state index is 0.700. The van der Waals surface area contributed by atoms with Crippen LogP contribution in [0.2, 0.25) is 0 Å². The highest BCUT2D eigenvalue weighted by atomic mass is 32.1. The molecule has 1 N–H and O–H groups in total. The lowest BCUT2D eigenvalue weighted by atomic mass is 9.91.